The van der Waals surface area contributed by atoms with Crippen molar-refractivity contribution in [2.24, 2.45) is 11.5 Å². The second kappa shape index (κ2) is 9.47. The number of halogens is 2. The van der Waals surface area contributed by atoms with Crippen LogP contribution in [0.2, 0.25) is 0 Å². The lowest BCUT2D eigenvalue weighted by Gasteiger charge is -2.47. The Kier molecular flexibility index (Phi) is 6.33. The molecule has 6 rings (SSSR count). The number of nitrogens with two attached hydrogens (primary N) is 2. The lowest BCUT2D eigenvalue weighted by atomic mass is 9.78. The van der Waals surface area contributed by atoms with Crippen LogP contribution in [-0.2, 0) is 9.84 Å². The van der Waals surface area contributed by atoms with Crippen molar-refractivity contribution in [1.82, 2.24) is 0 Å². The average molecular weight is 574 g/mol. The summed E-state index contributed by atoms with van der Waals surface area (Å²) in [4.78, 5) is -4.00. The predicted octanol–water partition coefficient (Wildman–Crippen LogP) is 6.56. The van der Waals surface area contributed by atoms with E-state index in [0.29, 0.717) is 11.1 Å². The minimum absolute atomic E-state index is 0.259. The topological polar surface area (TPSA) is 86.2 Å². The van der Waals surface area contributed by atoms with Crippen LogP contribution in [0.4, 0.5) is 0 Å². The van der Waals surface area contributed by atoms with Crippen LogP contribution in [0.5, 0.6) is 0 Å². The zero-order chi connectivity index (χ0) is 27.4. The van der Waals surface area contributed by atoms with Gasteiger partial charge in [0.2, 0.25) is 0 Å². The summed E-state index contributed by atoms with van der Waals surface area (Å²) in [6.07, 6.45) is 2.89. The molecule has 0 aliphatic heterocycles. The van der Waals surface area contributed by atoms with Crippen LogP contribution in [-0.4, -0.2) is 18.2 Å². The monoisotopic (exact) mass is 572 g/mol. The fourth-order valence-electron chi connectivity index (χ4n) is 6.08. The largest absolute Gasteiger partial charge is 0.308 e. The van der Waals surface area contributed by atoms with Gasteiger partial charge >= 0.3 is 0 Å². The third-order valence-corrected chi connectivity index (χ3v) is 11.1. The van der Waals surface area contributed by atoms with Gasteiger partial charge in [-0.2, -0.15) is 0 Å². The zero-order valence-electron chi connectivity index (χ0n) is 20.8. The van der Waals surface area contributed by atoms with Crippen LogP contribution >= 0.6 is 23.2 Å². The lowest BCUT2D eigenvalue weighted by Crippen LogP contribution is -2.65. The summed E-state index contributed by atoms with van der Waals surface area (Å²) in [5.41, 5.74) is 18.7. The van der Waals surface area contributed by atoms with Crippen LogP contribution in [0.1, 0.15) is 45.2 Å². The van der Waals surface area contributed by atoms with Gasteiger partial charge in [-0.3, -0.25) is 0 Å². The molecule has 4 aromatic rings. The van der Waals surface area contributed by atoms with Crippen LogP contribution in [0.3, 0.4) is 0 Å². The molecule has 0 bridgehead atoms. The number of sulfone groups is 1. The van der Waals surface area contributed by atoms with Gasteiger partial charge in [0.05, 0.1) is 0 Å². The minimum Gasteiger partial charge on any atom is -0.308 e. The average Bonchev–Trinajstić information content (AvgIpc) is 2.94. The molecule has 4 nitrogen and oxygen atoms in total. The van der Waals surface area contributed by atoms with E-state index in [9.17, 15) is 0 Å². The molecule has 0 amide bonds. The first-order valence-corrected chi connectivity index (χ1v) is 14.8. The Morgan fingerprint density at radius 2 is 0.872 bits per heavy atom. The number of fused-ring (bicyclic) bond motifs is 2. The van der Waals surface area contributed by atoms with Gasteiger partial charge in [-0.05, 0) is 45.5 Å². The molecule has 2 aliphatic carbocycles. The molecule has 0 aromatic heterocycles. The van der Waals surface area contributed by atoms with Crippen molar-refractivity contribution in [3.8, 4) is 0 Å². The molecule has 0 heterocycles. The molecule has 0 saturated carbocycles. The molecular formula is C32H26Cl2N2O2S. The Labute approximate surface area is 238 Å². The Morgan fingerprint density at radius 3 is 1.26 bits per heavy atom. The van der Waals surface area contributed by atoms with Crippen LogP contribution < -0.4 is 11.5 Å². The molecule has 4 N–H and O–H groups in total. The number of benzene rings is 4. The summed E-state index contributed by atoms with van der Waals surface area (Å²) in [5.74, 6) is -1.55. The van der Waals surface area contributed by atoms with Crippen molar-refractivity contribution in [2.45, 2.75) is 21.6 Å². The summed E-state index contributed by atoms with van der Waals surface area (Å²) in [5, 5.41) is 0.519. The highest BCUT2D eigenvalue weighted by molar-refractivity contribution is 7.94. The quantitative estimate of drug-likeness (QED) is 0.290. The fraction of sp³-hybridized carbons (Fsp3) is 0.125. The van der Waals surface area contributed by atoms with Gasteiger partial charge in [-0.15, -0.1) is 0 Å². The number of hydrogen-bond acceptors (Lipinski definition) is 4. The van der Waals surface area contributed by atoms with Gasteiger partial charge in [-0.25, -0.2) is 8.42 Å². The van der Waals surface area contributed by atoms with Crippen LogP contribution in [0.25, 0.3) is 10.1 Å². The standard InChI is InChI=1S/C32H26Cl2N2O2S/c33-27-19-31(35,29(21-11-3-1-4-12-21)25-17-9-7-15-23(25)27)39(37,38)32(36)20-28(34)24-16-8-10-18-26(24)30(32)22-13-5-2-6-14-22/h1-20,29-30H,35-36H2. The zero-order valence-corrected chi connectivity index (χ0v) is 23.2. The summed E-state index contributed by atoms with van der Waals surface area (Å²) in [6.45, 7) is 0. The molecule has 4 aromatic carbocycles. The molecule has 0 fully saturated rings. The highest BCUT2D eigenvalue weighted by atomic mass is 35.5. The smallest absolute Gasteiger partial charge is 0.196 e. The summed E-state index contributed by atoms with van der Waals surface area (Å²) in [6, 6.07) is 33.7. The van der Waals surface area contributed by atoms with Gasteiger partial charge < -0.3 is 11.5 Å². The van der Waals surface area contributed by atoms with Crippen molar-refractivity contribution in [2.75, 3.05) is 0 Å². The van der Waals surface area contributed by atoms with E-state index in [1.54, 1.807) is 0 Å². The highest BCUT2D eigenvalue weighted by Crippen LogP contribution is 2.54. The molecular weight excluding hydrogens is 547 g/mol. The second-order valence-electron chi connectivity index (χ2n) is 10.1. The molecule has 0 radical (unpaired) electrons. The molecule has 4 unspecified atom stereocenters. The molecule has 39 heavy (non-hydrogen) atoms. The van der Waals surface area contributed by atoms with Gasteiger partial charge in [0.25, 0.3) is 0 Å². The SMILES string of the molecule is NC1(S(=O)(=O)C2(N)C=C(Cl)c3ccccc3C2c2ccccc2)C=C(Cl)c2ccccc2C1c1ccccc1. The van der Waals surface area contributed by atoms with Crippen LogP contribution in [0, 0.1) is 0 Å². The molecule has 7 heteroatoms. The van der Waals surface area contributed by atoms with Crippen molar-refractivity contribution in [1.29, 1.82) is 0 Å². The summed E-state index contributed by atoms with van der Waals surface area (Å²) >= 11 is 13.5. The predicted molar refractivity (Wildman–Crippen MR) is 160 cm³/mol. The van der Waals surface area contributed by atoms with E-state index in [1.165, 1.54) is 12.2 Å². The Bertz CT molecular complexity index is 1620. The Balaban J connectivity index is 1.65. The van der Waals surface area contributed by atoms with E-state index < -0.39 is 31.4 Å². The van der Waals surface area contributed by atoms with Gasteiger partial charge in [0, 0.05) is 21.9 Å². The fourth-order valence-corrected chi connectivity index (χ4v) is 9.22. The van der Waals surface area contributed by atoms with Crippen molar-refractivity contribution in [3.05, 3.63) is 155 Å². The third-order valence-electron chi connectivity index (χ3n) is 7.86. The first-order chi connectivity index (χ1) is 18.7. The Hall–Kier alpha value is -3.19. The lowest BCUT2D eigenvalue weighted by molar-refractivity contribution is 0.480. The van der Waals surface area contributed by atoms with Crippen molar-refractivity contribution >= 4 is 43.1 Å². The summed E-state index contributed by atoms with van der Waals surface area (Å²) in [7, 11) is -4.50. The first-order valence-electron chi connectivity index (χ1n) is 12.6. The number of hydrogen-bond donors (Lipinski definition) is 2. The normalized spacial score (nSPS) is 26.2. The maximum absolute atomic E-state index is 15.2. The molecule has 0 saturated heterocycles. The third kappa shape index (κ3) is 3.84. The van der Waals surface area contributed by atoms with Crippen LogP contribution in [0.15, 0.2) is 121 Å². The van der Waals surface area contributed by atoms with Gasteiger partial charge in [0.15, 0.2) is 19.6 Å². The molecule has 0 spiro atoms. The second-order valence-corrected chi connectivity index (χ2v) is 13.3. The highest BCUT2D eigenvalue weighted by Gasteiger charge is 2.61. The maximum atomic E-state index is 15.2. The van der Waals surface area contributed by atoms with E-state index in [0.717, 1.165) is 22.3 Å². The minimum atomic E-state index is -4.50. The van der Waals surface area contributed by atoms with E-state index >= 15 is 8.42 Å². The van der Waals surface area contributed by atoms with Gasteiger partial charge in [0.1, 0.15) is 0 Å². The van der Waals surface area contributed by atoms with Crippen molar-refractivity contribution in [3.63, 3.8) is 0 Å². The molecule has 196 valence electrons. The van der Waals surface area contributed by atoms with Gasteiger partial charge in [-0.1, -0.05) is 132 Å². The van der Waals surface area contributed by atoms with E-state index in [4.69, 9.17) is 34.7 Å². The van der Waals surface area contributed by atoms with Crippen molar-refractivity contribution < 1.29 is 8.42 Å². The van der Waals surface area contributed by atoms with E-state index in [-0.39, 0.29) is 10.1 Å². The number of rotatable bonds is 4. The maximum Gasteiger partial charge on any atom is 0.196 e. The van der Waals surface area contributed by atoms with E-state index in [1.807, 2.05) is 109 Å². The summed E-state index contributed by atoms with van der Waals surface area (Å²) < 4.78 is 30.4. The Morgan fingerprint density at radius 1 is 0.538 bits per heavy atom. The molecule has 2 aliphatic rings. The first kappa shape index (κ1) is 26.1. The molecule has 4 atom stereocenters. The van der Waals surface area contributed by atoms with E-state index in [2.05, 4.69) is 0 Å².